The first-order chi connectivity index (χ1) is 20.4. The van der Waals surface area contributed by atoms with Gasteiger partial charge in [-0.15, -0.1) is 0 Å². The summed E-state index contributed by atoms with van der Waals surface area (Å²) in [6.45, 7) is 7.05. The van der Waals surface area contributed by atoms with Crippen molar-refractivity contribution in [3.05, 3.63) is 71.8 Å². The number of hydrogen-bond donors (Lipinski definition) is 1. The summed E-state index contributed by atoms with van der Waals surface area (Å²) >= 11 is 0. The molecule has 230 valence electrons. The van der Waals surface area contributed by atoms with Crippen LogP contribution in [0.3, 0.4) is 0 Å². The van der Waals surface area contributed by atoms with Crippen molar-refractivity contribution in [3.63, 3.8) is 0 Å². The lowest BCUT2D eigenvalue weighted by Crippen LogP contribution is -2.43. The highest BCUT2D eigenvalue weighted by molar-refractivity contribution is 5.69. The summed E-state index contributed by atoms with van der Waals surface area (Å²) in [4.78, 5) is 44.4. The summed E-state index contributed by atoms with van der Waals surface area (Å²) in [5, 5.41) is 9.41. The molecular weight excluding hydrogens is 536 g/mol. The van der Waals surface area contributed by atoms with Crippen LogP contribution < -0.4 is 0 Å². The Balaban J connectivity index is 0.000000269. The second-order valence-electron chi connectivity index (χ2n) is 10.7. The zero-order chi connectivity index (χ0) is 30.7. The molecule has 0 bridgehead atoms. The molecule has 2 fully saturated rings. The van der Waals surface area contributed by atoms with E-state index in [1.54, 1.807) is 4.90 Å². The molecule has 1 N–H and O–H groups in total. The maximum atomic E-state index is 12.3. The van der Waals surface area contributed by atoms with Crippen molar-refractivity contribution in [2.75, 3.05) is 6.61 Å². The van der Waals surface area contributed by atoms with Gasteiger partial charge in [0.05, 0.1) is 12.6 Å². The van der Waals surface area contributed by atoms with E-state index in [1.165, 1.54) is 0 Å². The number of hydrogen-bond acceptors (Lipinski definition) is 7. The highest BCUT2D eigenvalue weighted by Gasteiger charge is 2.37. The number of carbonyl (C=O) groups is 2. The van der Waals surface area contributed by atoms with Gasteiger partial charge < -0.3 is 19.5 Å². The third-order valence-corrected chi connectivity index (χ3v) is 7.69. The first kappa shape index (κ1) is 34.5. The van der Waals surface area contributed by atoms with E-state index in [-0.39, 0.29) is 43.6 Å². The number of carbonyl (C=O) groups excluding carboxylic acids is 4. The van der Waals surface area contributed by atoms with Crippen LogP contribution in [-0.4, -0.2) is 64.0 Å². The van der Waals surface area contributed by atoms with Gasteiger partial charge in [-0.3, -0.25) is 4.90 Å². The van der Waals surface area contributed by atoms with Crippen molar-refractivity contribution in [2.45, 2.75) is 110 Å². The molecule has 0 unspecified atom stereocenters. The summed E-state index contributed by atoms with van der Waals surface area (Å²) < 4.78 is 10.8. The molecule has 4 rings (SSSR count). The maximum Gasteiger partial charge on any atom is 0.410 e. The molecule has 2 heterocycles. The van der Waals surface area contributed by atoms with Gasteiger partial charge in [0.1, 0.15) is 13.2 Å². The molecule has 9 heteroatoms. The molecule has 9 nitrogen and oxygen atoms in total. The Kier molecular flexibility index (Phi) is 16.0. The van der Waals surface area contributed by atoms with Crippen LogP contribution in [0.25, 0.3) is 0 Å². The molecule has 2 amide bonds. The van der Waals surface area contributed by atoms with Gasteiger partial charge in [0.25, 0.3) is 0 Å². The number of nitrogens with zero attached hydrogens (tertiary/aromatic N) is 2. The zero-order valence-electron chi connectivity index (χ0n) is 25.2. The van der Waals surface area contributed by atoms with E-state index >= 15 is 0 Å². The fourth-order valence-corrected chi connectivity index (χ4v) is 5.66. The van der Waals surface area contributed by atoms with E-state index in [2.05, 4.69) is 20.8 Å². The largest absolute Gasteiger partial charge is 0.445 e. The van der Waals surface area contributed by atoms with Crippen LogP contribution in [0.1, 0.15) is 83.3 Å². The predicted octanol–water partition coefficient (Wildman–Crippen LogP) is 6.34. The molecule has 2 saturated heterocycles. The van der Waals surface area contributed by atoms with Gasteiger partial charge in [0, 0.05) is 18.1 Å². The fourth-order valence-electron chi connectivity index (χ4n) is 5.66. The highest BCUT2D eigenvalue weighted by Crippen LogP contribution is 2.29. The number of likely N-dealkylation sites (tertiary alicyclic amines) is 2. The minimum absolute atomic E-state index is 0.0145. The van der Waals surface area contributed by atoms with Crippen LogP contribution in [0, 0.1) is 0 Å². The van der Waals surface area contributed by atoms with Gasteiger partial charge in [0.15, 0.2) is 0 Å². The minimum atomic E-state index is -0.302. The number of ether oxygens (including phenoxy) is 2. The molecule has 2 aromatic carbocycles. The van der Waals surface area contributed by atoms with Crippen LogP contribution in [0.4, 0.5) is 9.59 Å². The van der Waals surface area contributed by atoms with Gasteiger partial charge >= 0.3 is 18.3 Å². The molecule has 4 atom stereocenters. The van der Waals surface area contributed by atoms with Gasteiger partial charge in [-0.2, -0.15) is 9.59 Å². The molecule has 2 aromatic rings. The Bertz CT molecular complexity index is 1070. The van der Waals surface area contributed by atoms with Gasteiger partial charge in [-0.05, 0) is 56.6 Å². The van der Waals surface area contributed by atoms with E-state index in [9.17, 15) is 14.7 Å². The van der Waals surface area contributed by atoms with Crippen molar-refractivity contribution < 1.29 is 33.8 Å². The SMILES string of the molecule is CCC[C@@H]1CC[C@H](C)N1C(=O)OCc1ccccc1.CCC[C@@H]1CC[C@H](CO)N1C(=O)OCc1ccccc1.O=C=O. The maximum absolute atomic E-state index is 12.3. The Morgan fingerprint density at radius 3 is 1.60 bits per heavy atom. The summed E-state index contributed by atoms with van der Waals surface area (Å²) in [6.07, 6.45) is 7.99. The van der Waals surface area contributed by atoms with E-state index in [0.29, 0.717) is 18.7 Å². The highest BCUT2D eigenvalue weighted by atomic mass is 16.6. The molecule has 0 radical (unpaired) electrons. The van der Waals surface area contributed by atoms with Crippen molar-refractivity contribution in [1.29, 1.82) is 0 Å². The van der Waals surface area contributed by atoms with Crippen LogP contribution in [0.2, 0.25) is 0 Å². The number of amides is 2. The summed E-state index contributed by atoms with van der Waals surface area (Å²) in [7, 11) is 0. The number of aliphatic hydroxyl groups is 1. The molecule has 0 aliphatic carbocycles. The standard InChI is InChI=1S/C16H23NO3.C16H23NO2.CO2/c1-2-6-14-9-10-15(11-18)17(14)16(19)20-12-13-7-4-3-5-8-13;1-3-7-15-11-10-13(2)17(15)16(18)19-12-14-8-5-4-6-9-14;2-1-3/h3-5,7-8,14-15,18H,2,6,9-12H2,1H3;4-6,8-9,13,15H,3,7,10-12H2,1-2H3;/t14-,15-;13-,15+;/m10./s1. The molecule has 2 aliphatic heterocycles. The zero-order valence-corrected chi connectivity index (χ0v) is 25.2. The molecule has 0 saturated carbocycles. The fraction of sp³-hybridized carbons (Fsp3) is 0.545. The molecule has 0 aromatic heterocycles. The summed E-state index contributed by atoms with van der Waals surface area (Å²) in [5.74, 6) is 0. The Hall–Kier alpha value is -3.68. The smallest absolute Gasteiger partial charge is 0.410 e. The number of benzene rings is 2. The number of rotatable bonds is 9. The van der Waals surface area contributed by atoms with Gasteiger partial charge in [-0.25, -0.2) is 9.59 Å². The van der Waals surface area contributed by atoms with Crippen molar-refractivity contribution >= 4 is 18.3 Å². The van der Waals surface area contributed by atoms with Crippen LogP contribution in [0.15, 0.2) is 60.7 Å². The van der Waals surface area contributed by atoms with Crippen LogP contribution in [0.5, 0.6) is 0 Å². The monoisotopic (exact) mass is 582 g/mol. The lowest BCUT2D eigenvalue weighted by atomic mass is 10.1. The van der Waals surface area contributed by atoms with Gasteiger partial charge in [0.2, 0.25) is 0 Å². The Labute approximate surface area is 249 Å². The van der Waals surface area contributed by atoms with Crippen LogP contribution >= 0.6 is 0 Å². The van der Waals surface area contributed by atoms with Crippen molar-refractivity contribution in [3.8, 4) is 0 Å². The third-order valence-electron chi connectivity index (χ3n) is 7.69. The first-order valence-corrected chi connectivity index (χ1v) is 15.0. The van der Waals surface area contributed by atoms with Crippen molar-refractivity contribution in [2.24, 2.45) is 0 Å². The van der Waals surface area contributed by atoms with Gasteiger partial charge in [-0.1, -0.05) is 87.4 Å². The van der Waals surface area contributed by atoms with E-state index in [1.807, 2.05) is 65.6 Å². The molecule has 2 aliphatic rings. The lowest BCUT2D eigenvalue weighted by Gasteiger charge is -2.28. The predicted molar refractivity (Wildman–Crippen MR) is 158 cm³/mol. The summed E-state index contributed by atoms with van der Waals surface area (Å²) in [6, 6.07) is 20.3. The second kappa shape index (κ2) is 19.4. The summed E-state index contributed by atoms with van der Waals surface area (Å²) in [5.41, 5.74) is 2.02. The van der Waals surface area contributed by atoms with Crippen molar-refractivity contribution in [1.82, 2.24) is 9.80 Å². The normalized spacial score (nSPS) is 20.9. The lowest BCUT2D eigenvalue weighted by molar-refractivity contribution is -0.191. The van der Waals surface area contributed by atoms with E-state index in [4.69, 9.17) is 19.1 Å². The Morgan fingerprint density at radius 2 is 1.14 bits per heavy atom. The Morgan fingerprint density at radius 1 is 0.738 bits per heavy atom. The van der Waals surface area contributed by atoms with E-state index in [0.717, 1.165) is 62.5 Å². The average molecular weight is 583 g/mol. The minimum Gasteiger partial charge on any atom is -0.445 e. The molecule has 0 spiro atoms. The molecular formula is C33H46N2O7. The van der Waals surface area contributed by atoms with E-state index < -0.39 is 0 Å². The average Bonchev–Trinajstić information content (AvgIpc) is 3.59. The number of aliphatic hydroxyl groups excluding tert-OH is 1. The molecule has 42 heavy (non-hydrogen) atoms. The van der Waals surface area contributed by atoms with Crippen LogP contribution in [-0.2, 0) is 32.3 Å². The topological polar surface area (TPSA) is 113 Å². The quantitative estimate of drug-likeness (QED) is 0.367. The third kappa shape index (κ3) is 11.0. The second-order valence-corrected chi connectivity index (χ2v) is 10.7. The first-order valence-electron chi connectivity index (χ1n) is 15.0.